The molecule has 0 aromatic heterocycles. The molecule has 0 aliphatic carbocycles. The fourth-order valence-corrected chi connectivity index (χ4v) is 0.815. The Bertz CT molecular complexity index is 246. The molecule has 4 nitrogen and oxygen atoms in total. The Morgan fingerprint density at radius 3 is 2.64 bits per heavy atom. The number of terminal acetylenes is 1. The molecule has 0 bridgehead atoms. The van der Waals surface area contributed by atoms with Crippen molar-refractivity contribution in [1.29, 1.82) is 0 Å². The molecular weight excluding hydrogens is 168 g/mol. The average Bonchev–Trinajstić information content (AvgIpc) is 1.97. The summed E-state index contributed by atoms with van der Waals surface area (Å²) in [5.74, 6) is 1.99. The Hall–Kier alpha value is -0.830. The summed E-state index contributed by atoms with van der Waals surface area (Å²) in [5.41, 5.74) is 0. The van der Waals surface area contributed by atoms with Crippen LogP contribution in [0.4, 0.5) is 0 Å². The predicted molar refractivity (Wildman–Crippen MR) is 39.9 cm³/mol. The fraction of sp³-hybridized carbons (Fsp3) is 0.333. The van der Waals surface area contributed by atoms with E-state index in [2.05, 4.69) is 14.9 Å². The first-order chi connectivity index (χ1) is 5.12. The molecule has 0 fully saturated rings. The third-order valence-electron chi connectivity index (χ3n) is 0.617. The first kappa shape index (κ1) is 10.2. The Morgan fingerprint density at radius 2 is 2.18 bits per heavy atom. The molecule has 5 heteroatoms. The predicted octanol–water partition coefficient (Wildman–Crippen LogP) is 0.0836. The highest BCUT2D eigenvalue weighted by molar-refractivity contribution is 7.81. The van der Waals surface area contributed by atoms with Gasteiger partial charge in [-0.3, -0.25) is 0 Å². The summed E-state index contributed by atoms with van der Waals surface area (Å²) < 4.78 is 29.5. The van der Waals surface area contributed by atoms with Gasteiger partial charge >= 0.3 is 10.4 Å². The maximum atomic E-state index is 10.6. The first-order valence-electron chi connectivity index (χ1n) is 2.70. The first-order valence-corrected chi connectivity index (χ1v) is 4.04. The SMILES string of the molecule is C#CCOS(=O)(=O)OCC=C. The third kappa shape index (κ3) is 5.61. The quantitative estimate of drug-likeness (QED) is 0.440. The van der Waals surface area contributed by atoms with E-state index in [1.54, 1.807) is 0 Å². The molecule has 0 aliphatic heterocycles. The summed E-state index contributed by atoms with van der Waals surface area (Å²) in [6.07, 6.45) is 6.04. The van der Waals surface area contributed by atoms with E-state index in [9.17, 15) is 8.42 Å². The highest BCUT2D eigenvalue weighted by Gasteiger charge is 2.08. The van der Waals surface area contributed by atoms with Gasteiger partial charge in [-0.15, -0.1) is 13.0 Å². The minimum atomic E-state index is -3.92. The standard InChI is InChI=1S/C6H8O4S/c1-3-5-9-11(7,8)10-6-4-2/h1,4H,2,5-6H2. The van der Waals surface area contributed by atoms with Gasteiger partial charge in [0.2, 0.25) is 0 Å². The number of rotatable bonds is 5. The van der Waals surface area contributed by atoms with Crippen LogP contribution in [0.25, 0.3) is 0 Å². The zero-order valence-corrected chi connectivity index (χ0v) is 6.63. The van der Waals surface area contributed by atoms with Crippen LogP contribution in [0.1, 0.15) is 0 Å². The Balaban J connectivity index is 3.83. The van der Waals surface area contributed by atoms with E-state index >= 15 is 0 Å². The lowest BCUT2D eigenvalue weighted by Crippen LogP contribution is -2.10. The van der Waals surface area contributed by atoms with E-state index in [1.165, 1.54) is 6.08 Å². The lowest BCUT2D eigenvalue weighted by molar-refractivity contribution is 0.250. The van der Waals surface area contributed by atoms with Crippen molar-refractivity contribution < 1.29 is 16.8 Å². The molecule has 0 rings (SSSR count). The topological polar surface area (TPSA) is 52.6 Å². The Kier molecular flexibility index (Phi) is 4.54. The van der Waals surface area contributed by atoms with Crippen molar-refractivity contribution in [2.45, 2.75) is 0 Å². The van der Waals surface area contributed by atoms with Crippen molar-refractivity contribution in [3.05, 3.63) is 12.7 Å². The zero-order chi connectivity index (χ0) is 8.74. The monoisotopic (exact) mass is 176 g/mol. The van der Waals surface area contributed by atoms with Gasteiger partial charge in [-0.1, -0.05) is 12.0 Å². The average molecular weight is 176 g/mol. The van der Waals surface area contributed by atoms with Crippen LogP contribution < -0.4 is 0 Å². The summed E-state index contributed by atoms with van der Waals surface area (Å²) >= 11 is 0. The van der Waals surface area contributed by atoms with E-state index in [0.29, 0.717) is 0 Å². The van der Waals surface area contributed by atoms with Gasteiger partial charge in [0.05, 0.1) is 6.61 Å². The maximum absolute atomic E-state index is 10.6. The van der Waals surface area contributed by atoms with Crippen LogP contribution in [0.2, 0.25) is 0 Å². The molecule has 0 spiro atoms. The van der Waals surface area contributed by atoms with Gasteiger partial charge in [-0.2, -0.15) is 8.42 Å². The van der Waals surface area contributed by atoms with Gasteiger partial charge in [0.1, 0.15) is 6.61 Å². The van der Waals surface area contributed by atoms with Gasteiger partial charge in [-0.05, 0) is 0 Å². The van der Waals surface area contributed by atoms with Crippen molar-refractivity contribution in [3.63, 3.8) is 0 Å². The van der Waals surface area contributed by atoms with Crippen LogP contribution >= 0.6 is 0 Å². The second-order valence-corrected chi connectivity index (χ2v) is 2.74. The summed E-state index contributed by atoms with van der Waals surface area (Å²) in [6.45, 7) is 2.82. The molecule has 11 heavy (non-hydrogen) atoms. The molecular formula is C6H8O4S. The molecule has 0 atom stereocenters. The maximum Gasteiger partial charge on any atom is 0.401 e. The molecule has 0 aromatic carbocycles. The highest BCUT2D eigenvalue weighted by Crippen LogP contribution is 1.94. The van der Waals surface area contributed by atoms with Crippen molar-refractivity contribution in [3.8, 4) is 12.3 Å². The van der Waals surface area contributed by atoms with Crippen molar-refractivity contribution >= 4 is 10.4 Å². The van der Waals surface area contributed by atoms with Crippen LogP contribution in [0.5, 0.6) is 0 Å². The molecule has 0 N–H and O–H groups in total. The number of hydrogen-bond acceptors (Lipinski definition) is 4. The van der Waals surface area contributed by atoms with Crippen LogP contribution in [-0.2, 0) is 18.8 Å². The number of hydrogen-bond donors (Lipinski definition) is 0. The largest absolute Gasteiger partial charge is 0.401 e. The Labute approximate surface area is 66.1 Å². The molecule has 0 aromatic rings. The molecule has 0 saturated carbocycles. The second kappa shape index (κ2) is 4.91. The van der Waals surface area contributed by atoms with Crippen molar-refractivity contribution in [2.75, 3.05) is 13.2 Å². The molecule has 0 amide bonds. The molecule has 0 aliphatic rings. The normalized spacial score (nSPS) is 10.5. The molecule has 0 radical (unpaired) electrons. The molecule has 0 unspecified atom stereocenters. The van der Waals surface area contributed by atoms with E-state index in [1.807, 2.05) is 5.92 Å². The minimum absolute atomic E-state index is 0.118. The lowest BCUT2D eigenvalue weighted by atomic mass is 10.7. The minimum Gasteiger partial charge on any atom is -0.244 e. The summed E-state index contributed by atoms with van der Waals surface area (Å²) in [6, 6.07) is 0. The van der Waals surface area contributed by atoms with Crippen molar-refractivity contribution in [1.82, 2.24) is 0 Å². The summed E-state index contributed by atoms with van der Waals surface area (Å²) in [5, 5.41) is 0. The summed E-state index contributed by atoms with van der Waals surface area (Å²) in [4.78, 5) is 0. The van der Waals surface area contributed by atoms with E-state index in [4.69, 9.17) is 6.42 Å². The second-order valence-electron chi connectivity index (χ2n) is 1.45. The van der Waals surface area contributed by atoms with Crippen LogP contribution in [0.15, 0.2) is 12.7 Å². The third-order valence-corrected chi connectivity index (χ3v) is 1.45. The molecule has 62 valence electrons. The summed E-state index contributed by atoms with van der Waals surface area (Å²) in [7, 11) is -3.92. The molecule has 0 saturated heterocycles. The Morgan fingerprint density at radius 1 is 1.55 bits per heavy atom. The fourth-order valence-electron chi connectivity index (χ4n) is 0.272. The zero-order valence-electron chi connectivity index (χ0n) is 5.82. The van der Waals surface area contributed by atoms with Crippen LogP contribution in [0, 0.1) is 12.3 Å². The van der Waals surface area contributed by atoms with E-state index < -0.39 is 10.4 Å². The lowest BCUT2D eigenvalue weighted by Gasteiger charge is -1.99. The van der Waals surface area contributed by atoms with Gasteiger partial charge in [0.25, 0.3) is 0 Å². The van der Waals surface area contributed by atoms with Gasteiger partial charge < -0.3 is 0 Å². The molecule has 0 heterocycles. The van der Waals surface area contributed by atoms with Crippen molar-refractivity contribution in [2.24, 2.45) is 0 Å². The van der Waals surface area contributed by atoms with E-state index in [-0.39, 0.29) is 13.2 Å². The van der Waals surface area contributed by atoms with Gasteiger partial charge in [-0.25, -0.2) is 8.37 Å². The van der Waals surface area contributed by atoms with E-state index in [0.717, 1.165) is 0 Å². The van der Waals surface area contributed by atoms with Crippen LogP contribution in [-0.4, -0.2) is 21.6 Å². The van der Waals surface area contributed by atoms with Gasteiger partial charge in [0, 0.05) is 0 Å². The van der Waals surface area contributed by atoms with Gasteiger partial charge in [0.15, 0.2) is 0 Å². The smallest absolute Gasteiger partial charge is 0.244 e. The highest BCUT2D eigenvalue weighted by atomic mass is 32.3. The van der Waals surface area contributed by atoms with Crippen LogP contribution in [0.3, 0.4) is 0 Å².